The Morgan fingerprint density at radius 2 is 2.08 bits per heavy atom. The van der Waals surface area contributed by atoms with E-state index in [1.165, 1.54) is 6.07 Å². The second-order valence-electron chi connectivity index (χ2n) is 5.73. The topological polar surface area (TPSA) is 33.6 Å². The second-order valence-corrected chi connectivity index (χ2v) is 6.65. The SMILES string of the molecule is COc1ccc(Br)cc1CCc1c(F)cccc1C1=NCCCN1.Cl. The van der Waals surface area contributed by atoms with Crippen molar-refractivity contribution in [3.63, 3.8) is 0 Å². The van der Waals surface area contributed by atoms with E-state index in [2.05, 4.69) is 26.2 Å². The van der Waals surface area contributed by atoms with E-state index in [-0.39, 0.29) is 18.2 Å². The van der Waals surface area contributed by atoms with Gasteiger partial charge < -0.3 is 10.1 Å². The van der Waals surface area contributed by atoms with Crippen LogP contribution in [0.1, 0.15) is 23.1 Å². The fraction of sp³-hybridized carbons (Fsp3) is 0.316. The zero-order chi connectivity index (χ0) is 16.9. The van der Waals surface area contributed by atoms with Crippen LogP contribution in [0.5, 0.6) is 5.75 Å². The lowest BCUT2D eigenvalue weighted by Gasteiger charge is -2.18. The smallest absolute Gasteiger partial charge is 0.128 e. The van der Waals surface area contributed by atoms with Gasteiger partial charge in [-0.15, -0.1) is 12.4 Å². The predicted octanol–water partition coefficient (Wildman–Crippen LogP) is 4.54. The van der Waals surface area contributed by atoms with Gasteiger partial charge in [-0.2, -0.15) is 0 Å². The number of halogens is 3. The average molecular weight is 428 g/mol. The van der Waals surface area contributed by atoms with Crippen molar-refractivity contribution < 1.29 is 9.13 Å². The highest BCUT2D eigenvalue weighted by Gasteiger charge is 2.16. The van der Waals surface area contributed by atoms with Crippen molar-refractivity contribution in [1.82, 2.24) is 5.32 Å². The van der Waals surface area contributed by atoms with Gasteiger partial charge in [0.05, 0.1) is 7.11 Å². The van der Waals surface area contributed by atoms with E-state index in [9.17, 15) is 4.39 Å². The largest absolute Gasteiger partial charge is 0.496 e. The van der Waals surface area contributed by atoms with Gasteiger partial charge >= 0.3 is 0 Å². The zero-order valence-electron chi connectivity index (χ0n) is 14.0. The van der Waals surface area contributed by atoms with Crippen LogP contribution in [0.3, 0.4) is 0 Å². The third-order valence-electron chi connectivity index (χ3n) is 4.16. The molecule has 0 aromatic heterocycles. The molecule has 2 aromatic carbocycles. The van der Waals surface area contributed by atoms with Crippen molar-refractivity contribution in [2.75, 3.05) is 20.2 Å². The monoisotopic (exact) mass is 426 g/mol. The van der Waals surface area contributed by atoms with E-state index in [1.807, 2.05) is 24.3 Å². The Labute approximate surface area is 162 Å². The van der Waals surface area contributed by atoms with Crippen molar-refractivity contribution in [3.8, 4) is 5.75 Å². The number of hydrogen-bond donors (Lipinski definition) is 1. The maximum absolute atomic E-state index is 14.4. The zero-order valence-corrected chi connectivity index (χ0v) is 16.4. The number of nitrogens with zero attached hydrogens (tertiary/aromatic N) is 1. The van der Waals surface area contributed by atoms with E-state index >= 15 is 0 Å². The van der Waals surface area contributed by atoms with Gasteiger partial charge in [-0.05, 0) is 54.7 Å². The molecular formula is C19H21BrClFN2O. The van der Waals surface area contributed by atoms with Crippen LogP contribution in [-0.4, -0.2) is 26.0 Å². The third-order valence-corrected chi connectivity index (χ3v) is 4.65. The Balaban J connectivity index is 0.00000225. The van der Waals surface area contributed by atoms with Gasteiger partial charge in [0.2, 0.25) is 0 Å². The maximum Gasteiger partial charge on any atom is 0.128 e. The Kier molecular flexibility index (Phi) is 7.26. The fourth-order valence-electron chi connectivity index (χ4n) is 2.95. The highest BCUT2D eigenvalue weighted by molar-refractivity contribution is 9.10. The minimum Gasteiger partial charge on any atom is -0.496 e. The summed E-state index contributed by atoms with van der Waals surface area (Å²) in [5.41, 5.74) is 2.62. The van der Waals surface area contributed by atoms with Crippen LogP contribution in [0.4, 0.5) is 4.39 Å². The molecule has 1 aliphatic rings. The lowest BCUT2D eigenvalue weighted by Crippen LogP contribution is -2.31. The molecule has 0 amide bonds. The first kappa shape index (κ1) is 19.7. The Morgan fingerprint density at radius 3 is 2.80 bits per heavy atom. The minimum atomic E-state index is -0.184. The minimum absolute atomic E-state index is 0. The molecule has 3 rings (SSSR count). The Hall–Kier alpha value is -1.59. The standard InChI is InChI=1S/C19H20BrFN2O.ClH/c1-24-18-9-7-14(20)12-13(18)6-8-15-16(4-2-5-17(15)21)19-22-10-3-11-23-19;/h2,4-5,7,9,12H,3,6,8,10-11H2,1H3,(H,22,23);1H. The van der Waals surface area contributed by atoms with E-state index in [0.717, 1.165) is 46.7 Å². The molecule has 0 unspecified atom stereocenters. The predicted molar refractivity (Wildman–Crippen MR) is 106 cm³/mol. The van der Waals surface area contributed by atoms with Crippen LogP contribution in [0.25, 0.3) is 0 Å². The van der Waals surface area contributed by atoms with Gasteiger partial charge in [-0.25, -0.2) is 4.39 Å². The fourth-order valence-corrected chi connectivity index (χ4v) is 3.36. The number of hydrogen-bond acceptors (Lipinski definition) is 3. The molecule has 0 radical (unpaired) electrons. The molecule has 1 heterocycles. The molecule has 0 atom stereocenters. The van der Waals surface area contributed by atoms with Crippen molar-refractivity contribution in [2.45, 2.75) is 19.3 Å². The third kappa shape index (κ3) is 4.73. The number of rotatable bonds is 5. The first-order chi connectivity index (χ1) is 11.7. The molecule has 0 fully saturated rings. The number of aliphatic imine (C=N–C) groups is 1. The molecule has 0 aliphatic carbocycles. The first-order valence-electron chi connectivity index (χ1n) is 8.07. The van der Waals surface area contributed by atoms with E-state index in [1.54, 1.807) is 13.2 Å². The molecule has 25 heavy (non-hydrogen) atoms. The van der Waals surface area contributed by atoms with Crippen molar-refractivity contribution >= 4 is 34.2 Å². The van der Waals surface area contributed by atoms with Crippen LogP contribution in [0.15, 0.2) is 45.9 Å². The highest BCUT2D eigenvalue weighted by Crippen LogP contribution is 2.26. The first-order valence-corrected chi connectivity index (χ1v) is 8.87. The number of aryl methyl sites for hydroxylation is 1. The van der Waals surface area contributed by atoms with Gasteiger partial charge in [0, 0.05) is 23.1 Å². The number of ether oxygens (including phenoxy) is 1. The van der Waals surface area contributed by atoms with Crippen molar-refractivity contribution in [2.24, 2.45) is 4.99 Å². The molecule has 2 aromatic rings. The van der Waals surface area contributed by atoms with Gasteiger partial charge in [0.25, 0.3) is 0 Å². The lowest BCUT2D eigenvalue weighted by atomic mass is 9.97. The Bertz CT molecular complexity index is 767. The lowest BCUT2D eigenvalue weighted by molar-refractivity contribution is 0.409. The van der Waals surface area contributed by atoms with E-state index < -0.39 is 0 Å². The summed E-state index contributed by atoms with van der Waals surface area (Å²) in [6.07, 6.45) is 2.31. The molecule has 0 spiro atoms. The summed E-state index contributed by atoms with van der Waals surface area (Å²) in [6.45, 7) is 1.67. The van der Waals surface area contributed by atoms with Crippen LogP contribution < -0.4 is 10.1 Å². The van der Waals surface area contributed by atoms with Crippen LogP contribution in [0, 0.1) is 5.82 Å². The van der Waals surface area contributed by atoms with E-state index in [4.69, 9.17) is 4.74 Å². The summed E-state index contributed by atoms with van der Waals surface area (Å²) in [7, 11) is 1.65. The van der Waals surface area contributed by atoms with Gasteiger partial charge in [-0.3, -0.25) is 4.99 Å². The quantitative estimate of drug-likeness (QED) is 0.760. The molecular weight excluding hydrogens is 407 g/mol. The van der Waals surface area contributed by atoms with Crippen molar-refractivity contribution in [1.29, 1.82) is 0 Å². The average Bonchev–Trinajstić information content (AvgIpc) is 2.61. The summed E-state index contributed by atoms with van der Waals surface area (Å²) in [6, 6.07) is 11.1. The summed E-state index contributed by atoms with van der Waals surface area (Å²) in [4.78, 5) is 4.51. The summed E-state index contributed by atoms with van der Waals surface area (Å²) in [5, 5.41) is 3.28. The normalized spacial score (nSPS) is 13.5. The van der Waals surface area contributed by atoms with Crippen molar-refractivity contribution in [3.05, 3.63) is 63.4 Å². The molecule has 0 saturated heterocycles. The second kappa shape index (κ2) is 9.20. The molecule has 3 nitrogen and oxygen atoms in total. The maximum atomic E-state index is 14.4. The van der Waals surface area contributed by atoms with Crippen LogP contribution >= 0.6 is 28.3 Å². The molecule has 0 saturated carbocycles. The molecule has 134 valence electrons. The number of benzene rings is 2. The molecule has 1 aliphatic heterocycles. The molecule has 1 N–H and O–H groups in total. The molecule has 6 heteroatoms. The van der Waals surface area contributed by atoms with Gasteiger partial charge in [-0.1, -0.05) is 28.1 Å². The summed E-state index contributed by atoms with van der Waals surface area (Å²) < 4.78 is 20.9. The number of methoxy groups -OCH3 is 1. The molecule has 0 bridgehead atoms. The van der Waals surface area contributed by atoms with Gasteiger partial charge in [0.15, 0.2) is 0 Å². The summed E-state index contributed by atoms with van der Waals surface area (Å²) in [5.74, 6) is 1.44. The van der Waals surface area contributed by atoms with Crippen LogP contribution in [0.2, 0.25) is 0 Å². The number of nitrogens with one attached hydrogen (secondary N) is 1. The van der Waals surface area contributed by atoms with E-state index in [0.29, 0.717) is 18.4 Å². The Morgan fingerprint density at radius 1 is 1.24 bits per heavy atom. The van der Waals surface area contributed by atoms with Crippen LogP contribution in [-0.2, 0) is 12.8 Å². The highest BCUT2D eigenvalue weighted by atomic mass is 79.9. The van der Waals surface area contributed by atoms with Gasteiger partial charge in [0.1, 0.15) is 17.4 Å². The summed E-state index contributed by atoms with van der Waals surface area (Å²) >= 11 is 3.48. The number of amidine groups is 1.